The molecular formula is C11H14N4OS. The Balaban J connectivity index is 2.17. The molecule has 1 aliphatic rings. The van der Waals surface area contributed by atoms with Crippen molar-refractivity contribution in [2.45, 2.75) is 12.5 Å². The van der Waals surface area contributed by atoms with Crippen molar-refractivity contribution in [1.82, 2.24) is 14.5 Å². The van der Waals surface area contributed by atoms with Crippen LogP contribution in [0.4, 0.5) is 5.95 Å². The minimum atomic E-state index is 0.407. The van der Waals surface area contributed by atoms with Crippen molar-refractivity contribution in [3.63, 3.8) is 0 Å². The number of anilines is 1. The lowest BCUT2D eigenvalue weighted by Crippen LogP contribution is -2.11. The third-order valence-electron chi connectivity index (χ3n) is 3.02. The Hall–Kier alpha value is -1.43. The van der Waals surface area contributed by atoms with Crippen LogP contribution in [-0.2, 0) is 0 Å². The van der Waals surface area contributed by atoms with Crippen molar-refractivity contribution in [3.05, 3.63) is 12.1 Å². The first-order valence-electron chi connectivity index (χ1n) is 5.56. The fraction of sp³-hybridized carbons (Fsp3) is 0.455. The van der Waals surface area contributed by atoms with Gasteiger partial charge in [0.2, 0.25) is 11.8 Å². The molecule has 1 fully saturated rings. The Labute approximate surface area is 103 Å². The summed E-state index contributed by atoms with van der Waals surface area (Å²) in [5.41, 5.74) is 7.65. The Morgan fingerprint density at radius 1 is 1.47 bits per heavy atom. The van der Waals surface area contributed by atoms with E-state index in [1.54, 1.807) is 7.11 Å². The predicted octanol–water partition coefficient (Wildman–Crippen LogP) is 1.70. The third kappa shape index (κ3) is 1.72. The summed E-state index contributed by atoms with van der Waals surface area (Å²) in [4.78, 5) is 8.79. The maximum Gasteiger partial charge on any atom is 0.215 e. The van der Waals surface area contributed by atoms with Gasteiger partial charge in [0.1, 0.15) is 5.52 Å². The van der Waals surface area contributed by atoms with Crippen LogP contribution in [-0.4, -0.2) is 33.2 Å². The number of nitrogens with zero attached hydrogens (tertiary/aromatic N) is 3. The van der Waals surface area contributed by atoms with Crippen LogP contribution >= 0.6 is 11.8 Å². The van der Waals surface area contributed by atoms with Crippen LogP contribution in [0.2, 0.25) is 0 Å². The van der Waals surface area contributed by atoms with Crippen LogP contribution in [0.5, 0.6) is 5.88 Å². The molecule has 3 heterocycles. The van der Waals surface area contributed by atoms with Crippen molar-refractivity contribution >= 4 is 28.9 Å². The molecular weight excluding hydrogens is 236 g/mol. The fourth-order valence-electron chi connectivity index (χ4n) is 2.17. The largest absolute Gasteiger partial charge is 0.481 e. The Bertz CT molecular complexity index is 548. The number of methoxy groups -OCH3 is 1. The Kier molecular flexibility index (Phi) is 2.58. The molecule has 17 heavy (non-hydrogen) atoms. The number of rotatable bonds is 2. The van der Waals surface area contributed by atoms with Crippen LogP contribution in [0.25, 0.3) is 11.2 Å². The summed E-state index contributed by atoms with van der Waals surface area (Å²) < 4.78 is 7.19. The summed E-state index contributed by atoms with van der Waals surface area (Å²) in [6.45, 7) is 0. The summed E-state index contributed by atoms with van der Waals surface area (Å²) in [6.07, 6.45) is 1.12. The van der Waals surface area contributed by atoms with E-state index in [1.807, 2.05) is 28.5 Å². The van der Waals surface area contributed by atoms with Crippen LogP contribution in [0.15, 0.2) is 12.1 Å². The number of hydrogen-bond acceptors (Lipinski definition) is 5. The average Bonchev–Trinajstić information content (AvgIpc) is 2.93. The molecule has 1 saturated heterocycles. The normalized spacial score (nSPS) is 19.9. The van der Waals surface area contributed by atoms with Crippen LogP contribution < -0.4 is 10.5 Å². The first-order valence-corrected chi connectivity index (χ1v) is 6.71. The summed E-state index contributed by atoms with van der Waals surface area (Å²) in [5.74, 6) is 3.40. The molecule has 0 bridgehead atoms. The molecule has 3 rings (SSSR count). The topological polar surface area (TPSA) is 66.0 Å². The maximum absolute atomic E-state index is 5.99. The van der Waals surface area contributed by atoms with E-state index in [4.69, 9.17) is 10.5 Å². The molecule has 2 aromatic heterocycles. The van der Waals surface area contributed by atoms with Gasteiger partial charge in [0.15, 0.2) is 5.65 Å². The van der Waals surface area contributed by atoms with Crippen molar-refractivity contribution in [2.75, 3.05) is 24.3 Å². The van der Waals surface area contributed by atoms with Gasteiger partial charge in [-0.1, -0.05) is 0 Å². The van der Waals surface area contributed by atoms with Crippen LogP contribution in [0, 0.1) is 0 Å². The van der Waals surface area contributed by atoms with E-state index in [9.17, 15) is 0 Å². The van der Waals surface area contributed by atoms with Gasteiger partial charge >= 0.3 is 0 Å². The molecule has 5 nitrogen and oxygen atoms in total. The van der Waals surface area contributed by atoms with Gasteiger partial charge in [0.25, 0.3) is 0 Å². The SMILES string of the molecule is COc1ccc2nc(N)n(C3CCSC3)c2n1. The standard InChI is InChI=1S/C11H14N4OS/c1-16-9-3-2-8-10(14-9)15(11(12)13-8)7-4-5-17-6-7/h2-3,7H,4-6H2,1H3,(H2,12,13). The third-order valence-corrected chi connectivity index (χ3v) is 4.16. The van der Waals surface area contributed by atoms with E-state index < -0.39 is 0 Å². The highest BCUT2D eigenvalue weighted by Gasteiger charge is 2.22. The summed E-state index contributed by atoms with van der Waals surface area (Å²) in [7, 11) is 1.61. The fourth-order valence-corrected chi connectivity index (χ4v) is 3.37. The second-order valence-electron chi connectivity index (χ2n) is 4.05. The van der Waals surface area contributed by atoms with Gasteiger partial charge in [-0.15, -0.1) is 0 Å². The van der Waals surface area contributed by atoms with Crippen molar-refractivity contribution < 1.29 is 4.74 Å². The number of imidazole rings is 1. The Morgan fingerprint density at radius 2 is 2.35 bits per heavy atom. The maximum atomic E-state index is 5.99. The van der Waals surface area contributed by atoms with Crippen molar-refractivity contribution in [3.8, 4) is 5.88 Å². The molecule has 1 unspecified atom stereocenters. The van der Waals surface area contributed by atoms with Gasteiger partial charge in [-0.3, -0.25) is 4.57 Å². The summed E-state index contributed by atoms with van der Waals surface area (Å²) in [5, 5.41) is 0. The number of nitrogens with two attached hydrogens (primary N) is 1. The molecule has 2 N–H and O–H groups in total. The van der Waals surface area contributed by atoms with E-state index in [0.717, 1.165) is 23.3 Å². The molecule has 0 radical (unpaired) electrons. The van der Waals surface area contributed by atoms with E-state index in [-0.39, 0.29) is 0 Å². The molecule has 2 aromatic rings. The first-order chi connectivity index (χ1) is 8.29. The minimum Gasteiger partial charge on any atom is -0.481 e. The summed E-state index contributed by atoms with van der Waals surface area (Å²) in [6, 6.07) is 4.11. The molecule has 0 saturated carbocycles. The number of fused-ring (bicyclic) bond motifs is 1. The van der Waals surface area contributed by atoms with Gasteiger partial charge in [0, 0.05) is 17.9 Å². The number of hydrogen-bond donors (Lipinski definition) is 1. The van der Waals surface area contributed by atoms with Crippen molar-refractivity contribution in [1.29, 1.82) is 0 Å². The Morgan fingerprint density at radius 3 is 3.06 bits per heavy atom. The minimum absolute atomic E-state index is 0.407. The second-order valence-corrected chi connectivity index (χ2v) is 5.20. The van der Waals surface area contributed by atoms with Gasteiger partial charge in [0.05, 0.1) is 7.11 Å². The zero-order valence-electron chi connectivity index (χ0n) is 9.59. The molecule has 1 aliphatic heterocycles. The number of thioether (sulfide) groups is 1. The zero-order valence-corrected chi connectivity index (χ0v) is 10.4. The quantitative estimate of drug-likeness (QED) is 0.878. The highest BCUT2D eigenvalue weighted by molar-refractivity contribution is 7.99. The summed E-state index contributed by atoms with van der Waals surface area (Å²) >= 11 is 1.94. The van der Waals surface area contributed by atoms with Crippen molar-refractivity contribution in [2.24, 2.45) is 0 Å². The average molecular weight is 250 g/mol. The number of ether oxygens (including phenoxy) is 1. The van der Waals surface area contributed by atoms with Gasteiger partial charge < -0.3 is 10.5 Å². The lowest BCUT2D eigenvalue weighted by Gasteiger charge is -2.12. The predicted molar refractivity (Wildman–Crippen MR) is 69.5 cm³/mol. The zero-order chi connectivity index (χ0) is 11.8. The molecule has 90 valence electrons. The second kappa shape index (κ2) is 4.10. The number of aromatic nitrogens is 3. The molecule has 0 spiro atoms. The molecule has 0 amide bonds. The first kappa shape index (κ1) is 10.7. The van der Waals surface area contributed by atoms with Crippen LogP contribution in [0.1, 0.15) is 12.5 Å². The van der Waals surface area contributed by atoms with Gasteiger partial charge in [-0.25, -0.2) is 4.98 Å². The monoisotopic (exact) mass is 250 g/mol. The lowest BCUT2D eigenvalue weighted by molar-refractivity contribution is 0.398. The number of pyridine rings is 1. The van der Waals surface area contributed by atoms with E-state index in [1.165, 1.54) is 5.75 Å². The van der Waals surface area contributed by atoms with Gasteiger partial charge in [-0.2, -0.15) is 16.7 Å². The van der Waals surface area contributed by atoms with E-state index in [2.05, 4.69) is 9.97 Å². The van der Waals surface area contributed by atoms with Crippen LogP contribution in [0.3, 0.4) is 0 Å². The molecule has 1 atom stereocenters. The molecule has 6 heteroatoms. The van der Waals surface area contributed by atoms with E-state index in [0.29, 0.717) is 17.9 Å². The number of nitrogen functional groups attached to an aromatic ring is 1. The van der Waals surface area contributed by atoms with Gasteiger partial charge in [-0.05, 0) is 18.2 Å². The smallest absolute Gasteiger partial charge is 0.215 e. The lowest BCUT2D eigenvalue weighted by atomic mass is 10.2. The highest BCUT2D eigenvalue weighted by atomic mass is 32.2. The van der Waals surface area contributed by atoms with E-state index >= 15 is 0 Å². The molecule has 0 aromatic carbocycles. The highest BCUT2D eigenvalue weighted by Crippen LogP contribution is 2.32. The molecule has 0 aliphatic carbocycles.